The summed E-state index contributed by atoms with van der Waals surface area (Å²) in [5, 5.41) is 22.5. The fraction of sp³-hybridized carbons (Fsp3) is 0.409. The van der Waals surface area contributed by atoms with E-state index >= 15 is 0 Å². The first-order valence-electron chi connectivity index (χ1n) is 9.78. The molecule has 0 saturated carbocycles. The summed E-state index contributed by atoms with van der Waals surface area (Å²) in [5.74, 6) is 1.36. The summed E-state index contributed by atoms with van der Waals surface area (Å²) in [6.07, 6.45) is -0.918. The van der Waals surface area contributed by atoms with Gasteiger partial charge in [0.2, 0.25) is 6.10 Å². The van der Waals surface area contributed by atoms with Gasteiger partial charge in [-0.3, -0.25) is 0 Å². The third-order valence-corrected chi connectivity index (χ3v) is 4.69. The number of benzene rings is 2. The molecule has 162 valence electrons. The molecule has 0 amide bonds. The minimum absolute atomic E-state index is 0.0139. The maximum Gasteiger partial charge on any atom is 0.348 e. The lowest BCUT2D eigenvalue weighted by atomic mass is 10.1. The van der Waals surface area contributed by atoms with Crippen LogP contribution in [0.25, 0.3) is 0 Å². The summed E-state index contributed by atoms with van der Waals surface area (Å²) in [4.78, 5) is 11.0. The van der Waals surface area contributed by atoms with Gasteiger partial charge < -0.3 is 34.5 Å². The van der Waals surface area contributed by atoms with E-state index in [0.29, 0.717) is 30.2 Å². The zero-order valence-electron chi connectivity index (χ0n) is 17.0. The molecule has 1 aliphatic heterocycles. The molecule has 2 aromatic carbocycles. The summed E-state index contributed by atoms with van der Waals surface area (Å²) in [6, 6.07) is 12.8. The normalized spacial score (nSPS) is 17.1. The van der Waals surface area contributed by atoms with Gasteiger partial charge in [0, 0.05) is 12.6 Å². The van der Waals surface area contributed by atoms with Crippen LogP contribution in [0, 0.1) is 0 Å². The maximum atomic E-state index is 11.0. The van der Waals surface area contributed by atoms with Gasteiger partial charge in [-0.15, -0.1) is 0 Å². The van der Waals surface area contributed by atoms with Gasteiger partial charge in [-0.2, -0.15) is 0 Å². The molecule has 0 unspecified atom stereocenters. The van der Waals surface area contributed by atoms with Crippen LogP contribution in [0.2, 0.25) is 0 Å². The second kappa shape index (κ2) is 10.2. The molecule has 0 aromatic heterocycles. The molecule has 0 aliphatic carbocycles. The number of carbonyl (C=O) groups is 1. The van der Waals surface area contributed by atoms with E-state index in [4.69, 9.17) is 24.1 Å². The number of methoxy groups -OCH3 is 1. The van der Waals surface area contributed by atoms with E-state index in [1.807, 2.05) is 19.1 Å². The molecule has 3 rings (SSSR count). The standard InChI is InChI=1S/C22H27NO7/c1-14(23-11-16(24)12-28-18-6-4-17(27-2)5-7-18)9-15-3-8-19-20(10-15)29-13-21(30-19)22(25)26/h3-8,10,14,16,21,23-24H,9,11-13H2,1-2H3,(H,25,26)/t14-,16+,21-/m1/s1. The highest BCUT2D eigenvalue weighted by atomic mass is 16.6. The molecule has 8 heteroatoms. The predicted molar refractivity (Wildman–Crippen MR) is 110 cm³/mol. The van der Waals surface area contributed by atoms with Gasteiger partial charge in [0.15, 0.2) is 11.5 Å². The van der Waals surface area contributed by atoms with Crippen molar-refractivity contribution in [3.63, 3.8) is 0 Å². The molecule has 0 spiro atoms. The average molecular weight is 417 g/mol. The van der Waals surface area contributed by atoms with Crippen LogP contribution in [0.5, 0.6) is 23.0 Å². The summed E-state index contributed by atoms with van der Waals surface area (Å²) >= 11 is 0. The first kappa shape index (κ1) is 21.7. The van der Waals surface area contributed by atoms with Crippen molar-refractivity contribution < 1.29 is 34.0 Å². The number of fused-ring (bicyclic) bond motifs is 1. The predicted octanol–water partition coefficient (Wildman–Crippen LogP) is 1.88. The first-order chi connectivity index (χ1) is 14.4. The van der Waals surface area contributed by atoms with Crippen molar-refractivity contribution in [3.05, 3.63) is 48.0 Å². The molecule has 3 N–H and O–H groups in total. The SMILES string of the molecule is COc1ccc(OC[C@@H](O)CN[C@H](C)Cc2ccc3c(c2)OC[C@H](C(=O)O)O3)cc1. The van der Waals surface area contributed by atoms with Crippen molar-refractivity contribution in [2.24, 2.45) is 0 Å². The van der Waals surface area contributed by atoms with Gasteiger partial charge in [-0.05, 0) is 55.3 Å². The van der Waals surface area contributed by atoms with Crippen LogP contribution in [0.3, 0.4) is 0 Å². The van der Waals surface area contributed by atoms with Gasteiger partial charge in [0.1, 0.15) is 30.8 Å². The fourth-order valence-electron chi connectivity index (χ4n) is 3.05. The summed E-state index contributed by atoms with van der Waals surface area (Å²) in [7, 11) is 1.60. The van der Waals surface area contributed by atoms with Crippen molar-refractivity contribution >= 4 is 5.97 Å². The third kappa shape index (κ3) is 6.01. The van der Waals surface area contributed by atoms with Crippen LogP contribution in [0.4, 0.5) is 0 Å². The Labute approximate surface area is 175 Å². The lowest BCUT2D eigenvalue weighted by Crippen LogP contribution is -2.37. The second-order valence-electron chi connectivity index (χ2n) is 7.19. The highest BCUT2D eigenvalue weighted by Gasteiger charge is 2.27. The molecule has 0 radical (unpaired) electrons. The molecule has 1 aliphatic rings. The smallest absolute Gasteiger partial charge is 0.348 e. The van der Waals surface area contributed by atoms with Crippen molar-refractivity contribution in [2.75, 3.05) is 26.9 Å². The van der Waals surface area contributed by atoms with Crippen molar-refractivity contribution in [2.45, 2.75) is 31.6 Å². The number of carboxylic acid groups (broad SMARTS) is 1. The largest absolute Gasteiger partial charge is 0.497 e. The van der Waals surface area contributed by atoms with Crippen molar-refractivity contribution in [1.29, 1.82) is 0 Å². The van der Waals surface area contributed by atoms with Crippen molar-refractivity contribution in [1.82, 2.24) is 5.32 Å². The Balaban J connectivity index is 1.42. The Morgan fingerprint density at radius 1 is 1.20 bits per heavy atom. The van der Waals surface area contributed by atoms with Crippen LogP contribution in [-0.2, 0) is 11.2 Å². The van der Waals surface area contributed by atoms with Gasteiger partial charge >= 0.3 is 5.97 Å². The minimum Gasteiger partial charge on any atom is -0.497 e. The summed E-state index contributed by atoms with van der Waals surface area (Å²) in [5.41, 5.74) is 1.02. The zero-order valence-corrected chi connectivity index (χ0v) is 17.0. The Morgan fingerprint density at radius 3 is 2.63 bits per heavy atom. The number of hydrogen-bond acceptors (Lipinski definition) is 7. The lowest BCUT2D eigenvalue weighted by molar-refractivity contribution is -0.147. The van der Waals surface area contributed by atoms with Gasteiger partial charge in [-0.1, -0.05) is 6.07 Å². The van der Waals surface area contributed by atoms with E-state index in [0.717, 1.165) is 11.3 Å². The third-order valence-electron chi connectivity index (χ3n) is 4.69. The first-order valence-corrected chi connectivity index (χ1v) is 9.78. The molecule has 8 nitrogen and oxygen atoms in total. The Morgan fingerprint density at radius 2 is 1.93 bits per heavy atom. The highest BCUT2D eigenvalue weighted by molar-refractivity contribution is 5.73. The number of aliphatic hydroxyl groups is 1. The van der Waals surface area contributed by atoms with Crippen LogP contribution in [0.15, 0.2) is 42.5 Å². The monoisotopic (exact) mass is 417 g/mol. The van der Waals surface area contributed by atoms with Gasteiger partial charge in [-0.25, -0.2) is 4.79 Å². The molecular formula is C22H27NO7. The highest BCUT2D eigenvalue weighted by Crippen LogP contribution is 2.33. The molecule has 0 saturated heterocycles. The molecule has 3 atom stereocenters. The van der Waals surface area contributed by atoms with Gasteiger partial charge in [0.25, 0.3) is 0 Å². The Hall–Kier alpha value is -2.97. The molecule has 1 heterocycles. The number of ether oxygens (including phenoxy) is 4. The van der Waals surface area contributed by atoms with Crippen LogP contribution in [-0.4, -0.2) is 61.3 Å². The van der Waals surface area contributed by atoms with E-state index in [2.05, 4.69) is 5.32 Å². The van der Waals surface area contributed by atoms with Crippen LogP contribution >= 0.6 is 0 Å². The van der Waals surface area contributed by atoms with E-state index in [-0.39, 0.29) is 19.3 Å². The average Bonchev–Trinajstić information content (AvgIpc) is 2.76. The van der Waals surface area contributed by atoms with Crippen LogP contribution < -0.4 is 24.3 Å². The molecular weight excluding hydrogens is 390 g/mol. The Bertz CT molecular complexity index is 840. The topological polar surface area (TPSA) is 106 Å². The van der Waals surface area contributed by atoms with Gasteiger partial charge in [0.05, 0.1) is 7.11 Å². The minimum atomic E-state index is -1.04. The molecule has 0 bridgehead atoms. The number of aliphatic carboxylic acids is 1. The quantitative estimate of drug-likeness (QED) is 0.538. The number of aliphatic hydroxyl groups excluding tert-OH is 1. The van der Waals surface area contributed by atoms with E-state index < -0.39 is 18.2 Å². The summed E-state index contributed by atoms with van der Waals surface area (Å²) < 4.78 is 21.6. The second-order valence-corrected chi connectivity index (χ2v) is 7.19. The number of nitrogens with one attached hydrogen (secondary N) is 1. The number of hydrogen-bond donors (Lipinski definition) is 3. The fourth-order valence-corrected chi connectivity index (χ4v) is 3.05. The summed E-state index contributed by atoms with van der Waals surface area (Å²) in [6.45, 7) is 2.58. The molecule has 30 heavy (non-hydrogen) atoms. The van der Waals surface area contributed by atoms with E-state index in [1.54, 1.807) is 37.4 Å². The zero-order chi connectivity index (χ0) is 21.5. The maximum absolute atomic E-state index is 11.0. The van der Waals surface area contributed by atoms with Crippen molar-refractivity contribution in [3.8, 4) is 23.0 Å². The Kier molecular flexibility index (Phi) is 7.37. The molecule has 0 fully saturated rings. The number of rotatable bonds is 10. The van der Waals surface area contributed by atoms with E-state index in [9.17, 15) is 9.90 Å². The number of carboxylic acids is 1. The van der Waals surface area contributed by atoms with E-state index in [1.165, 1.54) is 0 Å². The molecule has 2 aromatic rings. The van der Waals surface area contributed by atoms with Crippen LogP contribution in [0.1, 0.15) is 12.5 Å². The lowest BCUT2D eigenvalue weighted by Gasteiger charge is -2.24.